The number of ether oxygens (including phenoxy) is 1. The topological polar surface area (TPSA) is 49.7 Å². The molecular weight excluding hydrogens is 144 g/mol. The molecule has 3 nitrogen and oxygen atoms in total. The van der Waals surface area contributed by atoms with Crippen LogP contribution in [-0.4, -0.2) is 35.1 Å². The van der Waals surface area contributed by atoms with Crippen molar-refractivity contribution in [1.82, 2.24) is 0 Å². The van der Waals surface area contributed by atoms with Crippen LogP contribution in [0.4, 0.5) is 0 Å². The zero-order valence-electron chi connectivity index (χ0n) is 7.08. The lowest BCUT2D eigenvalue weighted by atomic mass is 10.0. The lowest BCUT2D eigenvalue weighted by Gasteiger charge is -2.29. The highest BCUT2D eigenvalue weighted by molar-refractivity contribution is 4.81. The summed E-state index contributed by atoms with van der Waals surface area (Å²) in [5.74, 6) is 0. The third-order valence-electron chi connectivity index (χ3n) is 1.73. The first-order valence-electron chi connectivity index (χ1n) is 3.60. The van der Waals surface area contributed by atoms with Crippen LogP contribution in [0.1, 0.15) is 13.8 Å². The van der Waals surface area contributed by atoms with E-state index in [2.05, 4.69) is 6.58 Å². The van der Waals surface area contributed by atoms with Gasteiger partial charge in [0.05, 0.1) is 19.3 Å². The Labute approximate surface area is 67.3 Å². The van der Waals surface area contributed by atoms with Gasteiger partial charge < -0.3 is 14.9 Å². The maximum Gasteiger partial charge on any atom is 0.114 e. The molecule has 2 unspecified atom stereocenters. The van der Waals surface area contributed by atoms with Crippen molar-refractivity contribution in [2.24, 2.45) is 0 Å². The first-order valence-corrected chi connectivity index (χ1v) is 3.60. The summed E-state index contributed by atoms with van der Waals surface area (Å²) in [4.78, 5) is 0. The monoisotopic (exact) mass is 160 g/mol. The van der Waals surface area contributed by atoms with Gasteiger partial charge in [0.25, 0.3) is 0 Å². The number of aliphatic hydroxyl groups is 2. The molecule has 0 spiro atoms. The summed E-state index contributed by atoms with van der Waals surface area (Å²) in [6.45, 7) is 6.85. The van der Waals surface area contributed by atoms with Gasteiger partial charge in [-0.2, -0.15) is 0 Å². The summed E-state index contributed by atoms with van der Waals surface area (Å²) in [6.07, 6.45) is 0.892. The Morgan fingerprint density at radius 3 is 2.55 bits per heavy atom. The molecule has 0 saturated carbocycles. The van der Waals surface area contributed by atoms with Crippen LogP contribution < -0.4 is 0 Å². The van der Waals surface area contributed by atoms with E-state index < -0.39 is 11.7 Å². The SMILES string of the molecule is C=CCOC(C)(CO)C(C)O. The molecule has 3 heteroatoms. The molecule has 0 radical (unpaired) electrons. The molecule has 0 aliphatic rings. The molecule has 0 fully saturated rings. The molecule has 0 aromatic rings. The highest BCUT2D eigenvalue weighted by Crippen LogP contribution is 2.14. The fraction of sp³-hybridized carbons (Fsp3) is 0.750. The molecule has 11 heavy (non-hydrogen) atoms. The molecule has 0 aliphatic heterocycles. The predicted molar refractivity (Wildman–Crippen MR) is 43.3 cm³/mol. The van der Waals surface area contributed by atoms with Gasteiger partial charge in [-0.25, -0.2) is 0 Å². The van der Waals surface area contributed by atoms with E-state index in [1.165, 1.54) is 0 Å². The van der Waals surface area contributed by atoms with E-state index >= 15 is 0 Å². The Morgan fingerprint density at radius 2 is 2.27 bits per heavy atom. The number of hydrogen-bond acceptors (Lipinski definition) is 3. The molecule has 0 aliphatic carbocycles. The third kappa shape index (κ3) is 3.01. The largest absolute Gasteiger partial charge is 0.393 e. The zero-order valence-corrected chi connectivity index (χ0v) is 7.08. The number of aliphatic hydroxyl groups excluding tert-OH is 2. The fourth-order valence-corrected chi connectivity index (χ4v) is 0.548. The quantitative estimate of drug-likeness (QED) is 0.569. The molecule has 0 bridgehead atoms. The van der Waals surface area contributed by atoms with Crippen LogP contribution in [0.3, 0.4) is 0 Å². The van der Waals surface area contributed by atoms with E-state index in [0.717, 1.165) is 0 Å². The van der Waals surface area contributed by atoms with Crippen LogP contribution >= 0.6 is 0 Å². The molecule has 2 N–H and O–H groups in total. The Hall–Kier alpha value is -0.380. The smallest absolute Gasteiger partial charge is 0.114 e. The van der Waals surface area contributed by atoms with Gasteiger partial charge in [-0.15, -0.1) is 6.58 Å². The van der Waals surface area contributed by atoms with Gasteiger partial charge in [-0.05, 0) is 13.8 Å². The molecule has 66 valence electrons. The number of hydrogen-bond donors (Lipinski definition) is 2. The second-order valence-electron chi connectivity index (χ2n) is 2.75. The predicted octanol–water partition coefficient (Wildman–Crippen LogP) is 0.321. The Morgan fingerprint density at radius 1 is 1.73 bits per heavy atom. The van der Waals surface area contributed by atoms with Crippen molar-refractivity contribution in [3.05, 3.63) is 12.7 Å². The van der Waals surface area contributed by atoms with E-state index in [4.69, 9.17) is 9.84 Å². The molecule has 0 saturated heterocycles. The molecule has 0 aromatic heterocycles. The zero-order chi connectivity index (χ0) is 8.91. The summed E-state index contributed by atoms with van der Waals surface area (Å²) in [6, 6.07) is 0. The third-order valence-corrected chi connectivity index (χ3v) is 1.73. The molecule has 0 aromatic carbocycles. The van der Waals surface area contributed by atoms with Crippen LogP contribution in [0.5, 0.6) is 0 Å². The first-order chi connectivity index (χ1) is 5.06. The van der Waals surface area contributed by atoms with Crippen LogP contribution in [0, 0.1) is 0 Å². The summed E-state index contributed by atoms with van der Waals surface area (Å²) < 4.78 is 5.17. The highest BCUT2D eigenvalue weighted by atomic mass is 16.5. The van der Waals surface area contributed by atoms with Gasteiger partial charge in [0.2, 0.25) is 0 Å². The maximum absolute atomic E-state index is 9.18. The lowest BCUT2D eigenvalue weighted by Crippen LogP contribution is -2.43. The van der Waals surface area contributed by atoms with Crippen LogP contribution in [0.25, 0.3) is 0 Å². The molecule has 0 rings (SSSR count). The van der Waals surface area contributed by atoms with Crippen LogP contribution in [0.15, 0.2) is 12.7 Å². The van der Waals surface area contributed by atoms with Crippen molar-refractivity contribution in [2.75, 3.05) is 13.2 Å². The van der Waals surface area contributed by atoms with E-state index in [9.17, 15) is 5.11 Å². The average Bonchev–Trinajstić information content (AvgIpc) is 2.00. The normalized spacial score (nSPS) is 18.9. The minimum atomic E-state index is -0.867. The average molecular weight is 160 g/mol. The van der Waals surface area contributed by atoms with Crippen molar-refractivity contribution >= 4 is 0 Å². The van der Waals surface area contributed by atoms with Gasteiger partial charge in [0.15, 0.2) is 0 Å². The maximum atomic E-state index is 9.18. The van der Waals surface area contributed by atoms with E-state index in [1.807, 2.05) is 0 Å². The summed E-state index contributed by atoms with van der Waals surface area (Å²) in [5.41, 5.74) is -0.867. The summed E-state index contributed by atoms with van der Waals surface area (Å²) in [5, 5.41) is 18.0. The number of rotatable bonds is 5. The van der Waals surface area contributed by atoms with Gasteiger partial charge >= 0.3 is 0 Å². The first kappa shape index (κ1) is 10.6. The Balaban J connectivity index is 3.98. The summed E-state index contributed by atoms with van der Waals surface area (Å²) >= 11 is 0. The van der Waals surface area contributed by atoms with E-state index in [1.54, 1.807) is 19.9 Å². The fourth-order valence-electron chi connectivity index (χ4n) is 0.548. The lowest BCUT2D eigenvalue weighted by molar-refractivity contribution is -0.122. The highest BCUT2D eigenvalue weighted by Gasteiger charge is 2.29. The van der Waals surface area contributed by atoms with E-state index in [0.29, 0.717) is 6.61 Å². The second-order valence-corrected chi connectivity index (χ2v) is 2.75. The minimum absolute atomic E-state index is 0.196. The second kappa shape index (κ2) is 4.49. The molecular formula is C8H16O3. The summed E-state index contributed by atoms with van der Waals surface area (Å²) in [7, 11) is 0. The standard InChI is InChI=1S/C8H16O3/c1-4-5-11-8(3,6-9)7(2)10/h4,7,9-10H,1,5-6H2,2-3H3. The van der Waals surface area contributed by atoms with Crippen LogP contribution in [0.2, 0.25) is 0 Å². The van der Waals surface area contributed by atoms with Gasteiger partial charge in [-0.1, -0.05) is 6.08 Å². The van der Waals surface area contributed by atoms with Gasteiger partial charge in [-0.3, -0.25) is 0 Å². The van der Waals surface area contributed by atoms with Crippen LogP contribution in [-0.2, 0) is 4.74 Å². The molecule has 2 atom stereocenters. The molecule has 0 heterocycles. The Kier molecular flexibility index (Phi) is 4.33. The van der Waals surface area contributed by atoms with Crippen molar-refractivity contribution < 1.29 is 14.9 Å². The van der Waals surface area contributed by atoms with E-state index in [-0.39, 0.29) is 6.61 Å². The Bertz CT molecular complexity index is 123. The van der Waals surface area contributed by atoms with Crippen molar-refractivity contribution in [3.63, 3.8) is 0 Å². The van der Waals surface area contributed by atoms with Crippen molar-refractivity contribution in [3.8, 4) is 0 Å². The molecule has 0 amide bonds. The minimum Gasteiger partial charge on any atom is -0.393 e. The van der Waals surface area contributed by atoms with Crippen molar-refractivity contribution in [1.29, 1.82) is 0 Å². The van der Waals surface area contributed by atoms with Gasteiger partial charge in [0, 0.05) is 0 Å². The van der Waals surface area contributed by atoms with Gasteiger partial charge in [0.1, 0.15) is 5.60 Å². The van der Waals surface area contributed by atoms with Crippen molar-refractivity contribution in [2.45, 2.75) is 25.6 Å².